The number of urea groups is 1. The van der Waals surface area contributed by atoms with Crippen LogP contribution in [-0.4, -0.2) is 58.1 Å². The van der Waals surface area contributed by atoms with Crippen LogP contribution in [0.25, 0.3) is 0 Å². The third-order valence-corrected chi connectivity index (χ3v) is 7.43. The number of nitrogens with zero attached hydrogens (tertiary/aromatic N) is 3. The smallest absolute Gasteiger partial charge is 0.337 e. The van der Waals surface area contributed by atoms with E-state index < -0.39 is 17.5 Å². The first-order chi connectivity index (χ1) is 15.3. The van der Waals surface area contributed by atoms with Gasteiger partial charge in [0.05, 0.1) is 12.7 Å². The Bertz CT molecular complexity index is 1070. The average molecular weight is 476 g/mol. The molecule has 1 aromatic heterocycles. The molecule has 10 nitrogen and oxygen atoms in total. The van der Waals surface area contributed by atoms with Gasteiger partial charge in [0, 0.05) is 5.75 Å². The zero-order valence-corrected chi connectivity index (χ0v) is 19.0. The summed E-state index contributed by atoms with van der Waals surface area (Å²) in [7, 11) is 1.33. The molecule has 2 aromatic rings. The summed E-state index contributed by atoms with van der Waals surface area (Å²) in [6, 6.07) is 6.49. The Morgan fingerprint density at radius 3 is 2.66 bits per heavy atom. The minimum absolute atomic E-state index is 0.131. The lowest BCUT2D eigenvalue weighted by Crippen LogP contribution is -2.46. The molecule has 168 valence electrons. The Kier molecular flexibility index (Phi) is 6.15. The fraction of sp³-hybridized carbons (Fsp3) is 0.400. The van der Waals surface area contributed by atoms with Crippen LogP contribution >= 0.6 is 23.1 Å². The number of thioether (sulfide) groups is 1. The lowest BCUT2D eigenvalue weighted by Gasteiger charge is -2.20. The molecule has 2 heterocycles. The van der Waals surface area contributed by atoms with E-state index >= 15 is 0 Å². The largest absolute Gasteiger partial charge is 0.465 e. The zero-order valence-electron chi connectivity index (χ0n) is 17.4. The van der Waals surface area contributed by atoms with Gasteiger partial charge in [-0.2, -0.15) is 0 Å². The Morgan fingerprint density at radius 1 is 1.28 bits per heavy atom. The number of imide groups is 1. The number of aromatic nitrogens is 2. The third-order valence-electron chi connectivity index (χ3n) is 5.39. The van der Waals surface area contributed by atoms with Crippen molar-refractivity contribution in [1.29, 1.82) is 0 Å². The molecule has 1 aliphatic heterocycles. The Balaban J connectivity index is 1.28. The van der Waals surface area contributed by atoms with Crippen molar-refractivity contribution >= 4 is 52.0 Å². The maximum absolute atomic E-state index is 12.6. The molecule has 1 saturated carbocycles. The van der Waals surface area contributed by atoms with Crippen LogP contribution in [0, 0.1) is 5.92 Å². The Hall–Kier alpha value is -2.99. The van der Waals surface area contributed by atoms with Crippen molar-refractivity contribution in [3.8, 4) is 0 Å². The highest BCUT2D eigenvalue weighted by molar-refractivity contribution is 8.00. The number of carbonyl (C=O) groups excluding carboxylic acids is 4. The molecule has 0 unspecified atom stereocenters. The average Bonchev–Trinajstić information content (AvgIpc) is 3.52. The summed E-state index contributed by atoms with van der Waals surface area (Å²) in [6.07, 6.45) is 1.78. The molecule has 1 aromatic carbocycles. The highest BCUT2D eigenvalue weighted by Gasteiger charge is 2.56. The highest BCUT2D eigenvalue weighted by Crippen LogP contribution is 2.42. The highest BCUT2D eigenvalue weighted by atomic mass is 32.2. The molecular formula is C20H21N5O5S2. The van der Waals surface area contributed by atoms with Crippen LogP contribution in [-0.2, 0) is 20.1 Å². The van der Waals surface area contributed by atoms with Crippen molar-refractivity contribution < 1.29 is 23.9 Å². The number of esters is 1. The number of benzene rings is 1. The number of anilines is 1. The van der Waals surface area contributed by atoms with Crippen LogP contribution in [0.2, 0.25) is 0 Å². The predicted octanol–water partition coefficient (Wildman–Crippen LogP) is 2.28. The van der Waals surface area contributed by atoms with Gasteiger partial charge in [-0.05, 0) is 43.4 Å². The van der Waals surface area contributed by atoms with Crippen LogP contribution in [0.15, 0.2) is 28.6 Å². The summed E-state index contributed by atoms with van der Waals surface area (Å²) in [4.78, 5) is 49.6. The molecule has 0 bridgehead atoms. The second kappa shape index (κ2) is 8.87. The van der Waals surface area contributed by atoms with Gasteiger partial charge in [-0.3, -0.25) is 19.8 Å². The Morgan fingerprint density at radius 2 is 2.00 bits per heavy atom. The van der Waals surface area contributed by atoms with E-state index in [4.69, 9.17) is 0 Å². The van der Waals surface area contributed by atoms with Gasteiger partial charge in [0.25, 0.3) is 5.91 Å². The minimum atomic E-state index is -0.918. The van der Waals surface area contributed by atoms with Crippen molar-refractivity contribution in [3.05, 3.63) is 35.4 Å². The topological polar surface area (TPSA) is 131 Å². The first-order valence-corrected chi connectivity index (χ1v) is 11.7. The van der Waals surface area contributed by atoms with Crippen molar-refractivity contribution in [3.63, 3.8) is 0 Å². The third kappa shape index (κ3) is 4.60. The lowest BCUT2D eigenvalue weighted by molar-refractivity contribution is -0.134. The fourth-order valence-electron chi connectivity index (χ4n) is 3.42. The normalized spacial score (nSPS) is 20.2. The number of hydrogen-bond acceptors (Lipinski definition) is 9. The maximum Gasteiger partial charge on any atom is 0.337 e. The van der Waals surface area contributed by atoms with E-state index in [1.54, 1.807) is 19.1 Å². The number of amides is 4. The van der Waals surface area contributed by atoms with E-state index in [9.17, 15) is 19.2 Å². The van der Waals surface area contributed by atoms with Gasteiger partial charge in [-0.15, -0.1) is 10.2 Å². The summed E-state index contributed by atoms with van der Waals surface area (Å²) in [5.41, 5.74) is 0.546. The van der Waals surface area contributed by atoms with Crippen molar-refractivity contribution in [2.24, 2.45) is 5.92 Å². The SMILES string of the molecule is COC(=O)c1ccc(CSc2nnc(NC(=O)CN3C(=O)N[C@](C)(C4CC4)C3=O)s2)cc1. The molecule has 2 N–H and O–H groups in total. The molecule has 32 heavy (non-hydrogen) atoms. The van der Waals surface area contributed by atoms with Gasteiger partial charge >= 0.3 is 12.0 Å². The molecule has 4 rings (SSSR count). The summed E-state index contributed by atoms with van der Waals surface area (Å²) in [5, 5.41) is 13.6. The fourth-order valence-corrected chi connectivity index (χ4v) is 5.14. The maximum atomic E-state index is 12.6. The Labute approximate surface area is 192 Å². The molecule has 0 radical (unpaired) electrons. The molecule has 1 aliphatic carbocycles. The van der Waals surface area contributed by atoms with Crippen LogP contribution in [0.1, 0.15) is 35.7 Å². The van der Waals surface area contributed by atoms with Gasteiger partial charge < -0.3 is 10.1 Å². The standard InChI is InChI=1S/C20H21N5O5S2/c1-20(13-7-8-13)16(28)25(18(29)22-20)9-14(26)21-17-23-24-19(32-17)31-10-11-3-5-12(6-4-11)15(27)30-2/h3-6,13H,7-10H2,1-2H3,(H,22,29)(H,21,23,26)/t20-/m1/s1. The number of methoxy groups -OCH3 is 1. The number of rotatable bonds is 8. The molecule has 0 spiro atoms. The number of ether oxygens (including phenoxy) is 1. The van der Waals surface area contributed by atoms with Gasteiger partial charge in [0.15, 0.2) is 4.34 Å². The van der Waals surface area contributed by atoms with Crippen LogP contribution < -0.4 is 10.6 Å². The van der Waals surface area contributed by atoms with E-state index in [-0.39, 0.29) is 29.5 Å². The summed E-state index contributed by atoms with van der Waals surface area (Å²) in [5.74, 6) is -0.538. The van der Waals surface area contributed by atoms with E-state index in [1.165, 1.54) is 30.2 Å². The van der Waals surface area contributed by atoms with Gasteiger partial charge in [-0.1, -0.05) is 35.2 Å². The molecular weight excluding hydrogens is 454 g/mol. The minimum Gasteiger partial charge on any atom is -0.465 e. The molecule has 2 fully saturated rings. The molecule has 1 saturated heterocycles. The molecule has 1 atom stereocenters. The number of carbonyl (C=O) groups is 4. The first kappa shape index (κ1) is 22.2. The van der Waals surface area contributed by atoms with Crippen LogP contribution in [0.4, 0.5) is 9.93 Å². The molecule has 12 heteroatoms. The number of nitrogens with one attached hydrogen (secondary N) is 2. The zero-order chi connectivity index (χ0) is 22.9. The van der Waals surface area contributed by atoms with Crippen LogP contribution in [0.5, 0.6) is 0 Å². The second-order valence-corrected chi connectivity index (χ2v) is 9.90. The van der Waals surface area contributed by atoms with Crippen molar-refractivity contribution in [2.45, 2.75) is 35.4 Å². The molecule has 4 amide bonds. The first-order valence-electron chi connectivity index (χ1n) is 9.87. The van der Waals surface area contributed by atoms with Gasteiger partial charge in [-0.25, -0.2) is 9.59 Å². The monoisotopic (exact) mass is 475 g/mol. The van der Waals surface area contributed by atoms with Gasteiger partial charge in [0.2, 0.25) is 11.0 Å². The lowest BCUT2D eigenvalue weighted by atomic mass is 9.96. The van der Waals surface area contributed by atoms with E-state index in [0.29, 0.717) is 15.7 Å². The molecule has 2 aliphatic rings. The summed E-state index contributed by atoms with van der Waals surface area (Å²) in [6.45, 7) is 1.33. The second-order valence-electron chi connectivity index (χ2n) is 7.70. The van der Waals surface area contributed by atoms with Crippen LogP contribution in [0.3, 0.4) is 0 Å². The number of hydrogen-bond donors (Lipinski definition) is 2. The van der Waals surface area contributed by atoms with Crippen molar-refractivity contribution in [2.75, 3.05) is 19.0 Å². The summed E-state index contributed by atoms with van der Waals surface area (Å²) < 4.78 is 5.32. The van der Waals surface area contributed by atoms with Crippen molar-refractivity contribution in [1.82, 2.24) is 20.4 Å². The van der Waals surface area contributed by atoms with E-state index in [2.05, 4.69) is 25.6 Å². The predicted molar refractivity (Wildman–Crippen MR) is 117 cm³/mol. The van der Waals surface area contributed by atoms with Gasteiger partial charge in [0.1, 0.15) is 12.1 Å². The van der Waals surface area contributed by atoms with E-state index in [1.807, 2.05) is 12.1 Å². The summed E-state index contributed by atoms with van der Waals surface area (Å²) >= 11 is 2.63. The van der Waals surface area contributed by atoms with E-state index in [0.717, 1.165) is 23.3 Å². The quantitative estimate of drug-likeness (QED) is 0.257.